The van der Waals surface area contributed by atoms with Crippen LogP contribution in [0.15, 0.2) is 53.3 Å². The molecule has 0 bridgehead atoms. The predicted octanol–water partition coefficient (Wildman–Crippen LogP) is 4.87. The maximum Gasteiger partial charge on any atom is 0.277 e. The number of nitrogens with one attached hydrogen (secondary N) is 1. The second kappa shape index (κ2) is 9.63. The van der Waals surface area contributed by atoms with Gasteiger partial charge in [-0.15, -0.1) is 0 Å². The number of aromatic nitrogens is 4. The Hall–Kier alpha value is -3.74. The first-order chi connectivity index (χ1) is 16.2. The van der Waals surface area contributed by atoms with Gasteiger partial charge in [0.1, 0.15) is 5.75 Å². The van der Waals surface area contributed by atoms with Crippen LogP contribution >= 0.6 is 15.9 Å². The summed E-state index contributed by atoms with van der Waals surface area (Å²) in [4.78, 5) is 12.4. The summed E-state index contributed by atoms with van der Waals surface area (Å²) in [6.45, 7) is -0.699. The Bertz CT molecular complexity index is 1330. The van der Waals surface area contributed by atoms with Crippen LogP contribution in [0.25, 0.3) is 0 Å². The van der Waals surface area contributed by atoms with Crippen molar-refractivity contribution in [1.29, 1.82) is 0 Å². The first-order valence-corrected chi connectivity index (χ1v) is 10.3. The van der Waals surface area contributed by atoms with Gasteiger partial charge in [0.15, 0.2) is 41.5 Å². The number of nitrogens with zero attached hydrogens (tertiary/aromatic N) is 4. The maximum atomic E-state index is 13.9. The van der Waals surface area contributed by atoms with E-state index in [2.05, 4.69) is 31.4 Å². The highest BCUT2D eigenvalue weighted by molar-refractivity contribution is 9.10. The van der Waals surface area contributed by atoms with Crippen LogP contribution in [0.5, 0.6) is 5.75 Å². The van der Waals surface area contributed by atoms with Gasteiger partial charge in [-0.05, 0) is 30.3 Å². The SMILES string of the molecule is O=C(Nc1ccn(Cc2c(F)c(F)c(F)c(F)c2F)n1)c1ccn(COc2ccc(Br)cc2)n1. The number of carbonyl (C=O) groups is 1. The van der Waals surface area contributed by atoms with Gasteiger partial charge in [0.25, 0.3) is 5.91 Å². The molecule has 0 saturated carbocycles. The first-order valence-electron chi connectivity index (χ1n) is 9.50. The first kappa shape index (κ1) is 23.4. The molecule has 1 amide bonds. The molecular weight excluding hydrogens is 529 g/mol. The molecule has 176 valence electrons. The van der Waals surface area contributed by atoms with Crippen LogP contribution in [0.1, 0.15) is 16.1 Å². The Morgan fingerprint density at radius 2 is 1.47 bits per heavy atom. The maximum absolute atomic E-state index is 13.9. The van der Waals surface area contributed by atoms with Gasteiger partial charge in [-0.1, -0.05) is 15.9 Å². The monoisotopic (exact) mass is 541 g/mol. The van der Waals surface area contributed by atoms with Crippen molar-refractivity contribution in [3.05, 3.63) is 93.6 Å². The summed E-state index contributed by atoms with van der Waals surface area (Å²) in [6.07, 6.45) is 2.73. The average Bonchev–Trinajstić information content (AvgIpc) is 3.48. The summed E-state index contributed by atoms with van der Waals surface area (Å²) < 4.78 is 76.4. The number of benzene rings is 2. The molecule has 0 aliphatic rings. The van der Waals surface area contributed by atoms with E-state index < -0.39 is 47.1 Å². The Balaban J connectivity index is 1.39. The van der Waals surface area contributed by atoms with Gasteiger partial charge < -0.3 is 10.1 Å². The van der Waals surface area contributed by atoms with Crippen molar-refractivity contribution in [2.24, 2.45) is 0 Å². The molecule has 4 aromatic rings. The van der Waals surface area contributed by atoms with Crippen LogP contribution in [-0.4, -0.2) is 25.5 Å². The summed E-state index contributed by atoms with van der Waals surface area (Å²) in [5.74, 6) is -10.3. The van der Waals surface area contributed by atoms with E-state index in [0.717, 1.165) is 9.15 Å². The molecule has 7 nitrogen and oxygen atoms in total. The molecule has 2 heterocycles. The van der Waals surface area contributed by atoms with Crippen LogP contribution in [0.2, 0.25) is 0 Å². The average molecular weight is 542 g/mol. The van der Waals surface area contributed by atoms with Gasteiger partial charge >= 0.3 is 0 Å². The number of halogens is 6. The summed E-state index contributed by atoms with van der Waals surface area (Å²) >= 11 is 3.32. The van der Waals surface area contributed by atoms with Crippen molar-refractivity contribution in [2.75, 3.05) is 5.32 Å². The Kier molecular flexibility index (Phi) is 6.63. The van der Waals surface area contributed by atoms with Crippen LogP contribution in [0, 0.1) is 29.1 Å². The molecule has 0 radical (unpaired) electrons. The van der Waals surface area contributed by atoms with Crippen molar-refractivity contribution in [1.82, 2.24) is 19.6 Å². The van der Waals surface area contributed by atoms with Crippen LogP contribution in [0.3, 0.4) is 0 Å². The Morgan fingerprint density at radius 3 is 2.15 bits per heavy atom. The molecule has 0 atom stereocenters. The van der Waals surface area contributed by atoms with Gasteiger partial charge in [0, 0.05) is 22.9 Å². The number of carbonyl (C=O) groups excluding carboxylic acids is 1. The summed E-state index contributed by atoms with van der Waals surface area (Å²) in [5.41, 5.74) is -1.02. The van der Waals surface area contributed by atoms with E-state index in [-0.39, 0.29) is 18.2 Å². The highest BCUT2D eigenvalue weighted by Gasteiger charge is 2.26. The number of hydrogen-bond acceptors (Lipinski definition) is 4. The molecule has 0 fully saturated rings. The molecular formula is C21H13BrF5N5O2. The number of anilines is 1. The molecule has 0 saturated heterocycles. The smallest absolute Gasteiger partial charge is 0.277 e. The molecule has 13 heteroatoms. The standard InChI is InChI=1S/C21H13BrF5N5O2/c22-11-1-3-12(4-2-11)34-10-32-7-5-14(29-32)21(33)28-15-6-8-31(30-15)9-13-16(23)18(25)20(27)19(26)17(13)24/h1-8H,9-10H2,(H,28,30,33). The molecule has 0 spiro atoms. The zero-order valence-corrected chi connectivity index (χ0v) is 18.5. The predicted molar refractivity (Wildman–Crippen MR) is 113 cm³/mol. The Morgan fingerprint density at radius 1 is 0.853 bits per heavy atom. The van der Waals surface area contributed by atoms with Gasteiger partial charge in [-0.2, -0.15) is 10.2 Å². The molecule has 0 aliphatic heterocycles. The lowest BCUT2D eigenvalue weighted by Gasteiger charge is -2.08. The van der Waals surface area contributed by atoms with Gasteiger partial charge in [-0.25, -0.2) is 26.6 Å². The number of rotatable bonds is 7. The fourth-order valence-corrected chi connectivity index (χ4v) is 3.14. The molecule has 0 unspecified atom stereocenters. The second-order valence-corrected chi connectivity index (χ2v) is 7.78. The lowest BCUT2D eigenvalue weighted by molar-refractivity contribution is 0.101. The van der Waals surface area contributed by atoms with Crippen LogP contribution in [0.4, 0.5) is 27.8 Å². The number of amides is 1. The minimum atomic E-state index is -2.24. The summed E-state index contributed by atoms with van der Waals surface area (Å²) in [5, 5.41) is 10.4. The highest BCUT2D eigenvalue weighted by Crippen LogP contribution is 2.24. The largest absolute Gasteiger partial charge is 0.471 e. The van der Waals surface area contributed by atoms with Gasteiger partial charge in [-0.3, -0.25) is 9.48 Å². The van der Waals surface area contributed by atoms with Crippen molar-refractivity contribution in [3.63, 3.8) is 0 Å². The van der Waals surface area contributed by atoms with E-state index in [9.17, 15) is 26.7 Å². The van der Waals surface area contributed by atoms with Crippen LogP contribution in [-0.2, 0) is 13.3 Å². The molecule has 2 aromatic carbocycles. The topological polar surface area (TPSA) is 74.0 Å². The second-order valence-electron chi connectivity index (χ2n) is 6.87. The highest BCUT2D eigenvalue weighted by atomic mass is 79.9. The third-order valence-electron chi connectivity index (χ3n) is 4.55. The number of hydrogen-bond donors (Lipinski definition) is 1. The minimum absolute atomic E-state index is 0.0189. The van der Waals surface area contributed by atoms with E-state index in [1.54, 1.807) is 12.1 Å². The molecule has 1 N–H and O–H groups in total. The van der Waals surface area contributed by atoms with E-state index in [0.29, 0.717) is 5.75 Å². The molecule has 34 heavy (non-hydrogen) atoms. The lowest BCUT2D eigenvalue weighted by atomic mass is 10.1. The summed E-state index contributed by atoms with van der Waals surface area (Å²) in [6, 6.07) is 9.85. The van der Waals surface area contributed by atoms with E-state index in [1.165, 1.54) is 29.2 Å². The third-order valence-corrected chi connectivity index (χ3v) is 5.08. The van der Waals surface area contributed by atoms with Crippen LogP contribution < -0.4 is 10.1 Å². The van der Waals surface area contributed by atoms with E-state index in [4.69, 9.17) is 4.74 Å². The van der Waals surface area contributed by atoms with E-state index >= 15 is 0 Å². The van der Waals surface area contributed by atoms with E-state index in [1.807, 2.05) is 12.1 Å². The van der Waals surface area contributed by atoms with Crippen molar-refractivity contribution in [2.45, 2.75) is 13.3 Å². The third kappa shape index (κ3) is 4.93. The zero-order chi connectivity index (χ0) is 24.4. The van der Waals surface area contributed by atoms with Gasteiger partial charge in [0.2, 0.25) is 5.82 Å². The molecule has 2 aromatic heterocycles. The minimum Gasteiger partial charge on any atom is -0.471 e. The quantitative estimate of drug-likeness (QED) is 0.206. The lowest BCUT2D eigenvalue weighted by Crippen LogP contribution is -2.15. The van der Waals surface area contributed by atoms with Crippen molar-refractivity contribution >= 4 is 27.7 Å². The number of ether oxygens (including phenoxy) is 1. The van der Waals surface area contributed by atoms with Crippen molar-refractivity contribution in [3.8, 4) is 5.75 Å². The zero-order valence-electron chi connectivity index (χ0n) is 16.9. The van der Waals surface area contributed by atoms with Crippen molar-refractivity contribution < 1.29 is 31.5 Å². The molecule has 4 rings (SSSR count). The molecule has 0 aliphatic carbocycles. The fraction of sp³-hybridized carbons (Fsp3) is 0.0952. The fourth-order valence-electron chi connectivity index (χ4n) is 2.87. The summed E-state index contributed by atoms with van der Waals surface area (Å²) in [7, 11) is 0. The Labute approximate surface area is 196 Å². The normalized spacial score (nSPS) is 11.0. The van der Waals surface area contributed by atoms with Gasteiger partial charge in [0.05, 0.1) is 12.1 Å².